The molecule has 1 fully saturated rings. The predicted molar refractivity (Wildman–Crippen MR) is 70.9 cm³/mol. The SMILES string of the molecule is CCCc1noc([C@@H]2CCCN(C(=O)N(C)C)C2)n1. The number of likely N-dealkylation sites (tertiary alicyclic amines) is 1. The van der Waals surface area contributed by atoms with E-state index < -0.39 is 0 Å². The van der Waals surface area contributed by atoms with Crippen LogP contribution in [0.1, 0.15) is 43.8 Å². The second kappa shape index (κ2) is 6.04. The molecule has 1 atom stereocenters. The van der Waals surface area contributed by atoms with Crippen molar-refractivity contribution in [2.75, 3.05) is 27.2 Å². The zero-order chi connectivity index (χ0) is 13.8. The van der Waals surface area contributed by atoms with E-state index in [-0.39, 0.29) is 11.9 Å². The maximum Gasteiger partial charge on any atom is 0.319 e. The van der Waals surface area contributed by atoms with Crippen molar-refractivity contribution in [1.82, 2.24) is 19.9 Å². The highest BCUT2D eigenvalue weighted by molar-refractivity contribution is 5.74. The van der Waals surface area contributed by atoms with Crippen LogP contribution in [-0.2, 0) is 6.42 Å². The van der Waals surface area contributed by atoms with Crippen molar-refractivity contribution in [1.29, 1.82) is 0 Å². The maximum absolute atomic E-state index is 12.0. The van der Waals surface area contributed by atoms with Gasteiger partial charge in [0.05, 0.1) is 5.92 Å². The van der Waals surface area contributed by atoms with Crippen LogP contribution in [0.15, 0.2) is 4.52 Å². The van der Waals surface area contributed by atoms with Gasteiger partial charge < -0.3 is 14.3 Å². The molecular formula is C13H22N4O2. The van der Waals surface area contributed by atoms with Gasteiger partial charge in [0.1, 0.15) is 0 Å². The molecule has 2 heterocycles. The Labute approximate surface area is 113 Å². The Morgan fingerprint density at radius 2 is 2.32 bits per heavy atom. The summed E-state index contributed by atoms with van der Waals surface area (Å²) in [5.74, 6) is 1.63. The number of aryl methyl sites for hydroxylation is 1. The summed E-state index contributed by atoms with van der Waals surface area (Å²) in [6.45, 7) is 3.57. The Kier molecular flexibility index (Phi) is 4.39. The van der Waals surface area contributed by atoms with Crippen molar-refractivity contribution in [2.24, 2.45) is 0 Å². The summed E-state index contributed by atoms with van der Waals surface area (Å²) in [6.07, 6.45) is 3.84. The van der Waals surface area contributed by atoms with Crippen molar-refractivity contribution < 1.29 is 9.32 Å². The van der Waals surface area contributed by atoms with Gasteiger partial charge in [-0.25, -0.2) is 4.79 Å². The molecule has 0 aliphatic carbocycles. The highest BCUT2D eigenvalue weighted by Crippen LogP contribution is 2.26. The van der Waals surface area contributed by atoms with Crippen LogP contribution in [-0.4, -0.2) is 53.2 Å². The molecule has 0 radical (unpaired) electrons. The molecule has 1 aliphatic heterocycles. The van der Waals surface area contributed by atoms with E-state index >= 15 is 0 Å². The van der Waals surface area contributed by atoms with E-state index in [2.05, 4.69) is 17.1 Å². The van der Waals surface area contributed by atoms with Gasteiger partial charge in [-0.3, -0.25) is 0 Å². The average molecular weight is 266 g/mol. The van der Waals surface area contributed by atoms with E-state index in [1.165, 1.54) is 0 Å². The summed E-state index contributed by atoms with van der Waals surface area (Å²) in [5, 5.41) is 3.99. The lowest BCUT2D eigenvalue weighted by Crippen LogP contribution is -2.44. The average Bonchev–Trinajstić information content (AvgIpc) is 2.87. The topological polar surface area (TPSA) is 62.5 Å². The second-order valence-corrected chi connectivity index (χ2v) is 5.26. The fourth-order valence-electron chi connectivity index (χ4n) is 2.39. The lowest BCUT2D eigenvalue weighted by molar-refractivity contribution is 0.149. The van der Waals surface area contributed by atoms with Gasteiger partial charge in [-0.05, 0) is 19.3 Å². The molecule has 0 bridgehead atoms. The molecule has 2 amide bonds. The number of nitrogens with zero attached hydrogens (tertiary/aromatic N) is 4. The van der Waals surface area contributed by atoms with Gasteiger partial charge in [-0.1, -0.05) is 12.1 Å². The summed E-state index contributed by atoms with van der Waals surface area (Å²) in [7, 11) is 3.55. The fraction of sp³-hybridized carbons (Fsp3) is 0.769. The lowest BCUT2D eigenvalue weighted by Gasteiger charge is -2.32. The Hall–Kier alpha value is -1.59. The normalized spacial score (nSPS) is 19.5. The van der Waals surface area contributed by atoms with Crippen molar-refractivity contribution >= 4 is 6.03 Å². The number of carbonyl (C=O) groups is 1. The van der Waals surface area contributed by atoms with Crippen molar-refractivity contribution in [3.05, 3.63) is 11.7 Å². The highest BCUT2D eigenvalue weighted by atomic mass is 16.5. The molecule has 0 unspecified atom stereocenters. The van der Waals surface area contributed by atoms with E-state index in [1.807, 2.05) is 4.90 Å². The Morgan fingerprint density at radius 3 is 3.00 bits per heavy atom. The van der Waals surface area contributed by atoms with Crippen molar-refractivity contribution in [3.8, 4) is 0 Å². The van der Waals surface area contributed by atoms with Crippen LogP contribution < -0.4 is 0 Å². The quantitative estimate of drug-likeness (QED) is 0.838. The maximum atomic E-state index is 12.0. The van der Waals surface area contributed by atoms with E-state index in [0.717, 1.165) is 38.1 Å². The molecule has 0 spiro atoms. The molecule has 6 heteroatoms. The number of piperidine rings is 1. The molecule has 1 saturated heterocycles. The first-order chi connectivity index (χ1) is 9.11. The van der Waals surface area contributed by atoms with Gasteiger partial charge >= 0.3 is 6.03 Å². The molecule has 0 saturated carbocycles. The number of carbonyl (C=O) groups excluding carboxylic acids is 1. The van der Waals surface area contributed by atoms with Crippen LogP contribution >= 0.6 is 0 Å². The Balaban J connectivity index is 2.01. The third kappa shape index (κ3) is 3.24. The molecule has 6 nitrogen and oxygen atoms in total. The molecule has 1 aromatic rings. The summed E-state index contributed by atoms with van der Waals surface area (Å²) in [4.78, 5) is 19.9. The number of urea groups is 1. The van der Waals surface area contributed by atoms with Gasteiger partial charge in [-0.15, -0.1) is 0 Å². The largest absolute Gasteiger partial charge is 0.339 e. The number of hydrogen-bond donors (Lipinski definition) is 0. The molecule has 106 valence electrons. The minimum atomic E-state index is 0.0537. The fourth-order valence-corrected chi connectivity index (χ4v) is 2.39. The molecule has 19 heavy (non-hydrogen) atoms. The van der Waals surface area contributed by atoms with Crippen molar-refractivity contribution in [3.63, 3.8) is 0 Å². The minimum absolute atomic E-state index is 0.0537. The monoisotopic (exact) mass is 266 g/mol. The third-order valence-electron chi connectivity index (χ3n) is 3.38. The van der Waals surface area contributed by atoms with Gasteiger partial charge in [0.25, 0.3) is 0 Å². The summed E-state index contributed by atoms with van der Waals surface area (Å²) < 4.78 is 5.33. The van der Waals surface area contributed by atoms with E-state index in [4.69, 9.17) is 4.52 Å². The van der Waals surface area contributed by atoms with E-state index in [9.17, 15) is 4.79 Å². The summed E-state index contributed by atoms with van der Waals surface area (Å²) in [6, 6.07) is 0.0537. The Bertz CT molecular complexity index is 430. The van der Waals surface area contributed by atoms with Crippen LogP contribution in [0.2, 0.25) is 0 Å². The Morgan fingerprint density at radius 1 is 1.53 bits per heavy atom. The number of amides is 2. The van der Waals surface area contributed by atoms with Gasteiger partial charge in [0.2, 0.25) is 5.89 Å². The molecule has 0 N–H and O–H groups in total. The first kappa shape index (κ1) is 13.8. The molecule has 1 aromatic heterocycles. The van der Waals surface area contributed by atoms with Gasteiger partial charge in [-0.2, -0.15) is 4.98 Å². The first-order valence-corrected chi connectivity index (χ1v) is 6.90. The van der Waals surface area contributed by atoms with E-state index in [1.54, 1.807) is 19.0 Å². The first-order valence-electron chi connectivity index (χ1n) is 6.90. The van der Waals surface area contributed by atoms with E-state index in [0.29, 0.717) is 12.4 Å². The summed E-state index contributed by atoms with van der Waals surface area (Å²) >= 11 is 0. The molecule has 0 aromatic carbocycles. The van der Waals surface area contributed by atoms with Crippen LogP contribution in [0.4, 0.5) is 4.79 Å². The van der Waals surface area contributed by atoms with Gasteiger partial charge in [0.15, 0.2) is 5.82 Å². The molecular weight excluding hydrogens is 244 g/mol. The zero-order valence-corrected chi connectivity index (χ0v) is 11.9. The summed E-state index contributed by atoms with van der Waals surface area (Å²) in [5.41, 5.74) is 0. The van der Waals surface area contributed by atoms with Crippen LogP contribution in [0.25, 0.3) is 0 Å². The smallest absolute Gasteiger partial charge is 0.319 e. The second-order valence-electron chi connectivity index (χ2n) is 5.26. The molecule has 1 aliphatic rings. The van der Waals surface area contributed by atoms with Crippen molar-refractivity contribution in [2.45, 2.75) is 38.5 Å². The van der Waals surface area contributed by atoms with Crippen LogP contribution in [0.5, 0.6) is 0 Å². The van der Waals surface area contributed by atoms with Crippen LogP contribution in [0.3, 0.4) is 0 Å². The number of aromatic nitrogens is 2. The number of rotatable bonds is 3. The number of hydrogen-bond acceptors (Lipinski definition) is 4. The highest BCUT2D eigenvalue weighted by Gasteiger charge is 2.29. The zero-order valence-electron chi connectivity index (χ0n) is 11.9. The standard InChI is InChI=1S/C13H22N4O2/c1-4-6-11-14-12(19-15-11)10-7-5-8-17(9-10)13(18)16(2)3/h10H,4-9H2,1-3H3/t10-/m1/s1. The van der Waals surface area contributed by atoms with Gasteiger partial charge in [0, 0.05) is 33.6 Å². The molecule has 2 rings (SSSR count). The lowest BCUT2D eigenvalue weighted by atomic mass is 9.98. The third-order valence-corrected chi connectivity index (χ3v) is 3.38. The predicted octanol–water partition coefficient (Wildman–Crippen LogP) is 1.88. The minimum Gasteiger partial charge on any atom is -0.339 e. The van der Waals surface area contributed by atoms with Crippen LogP contribution in [0, 0.1) is 0 Å².